The number of methoxy groups -OCH3 is 1. The summed E-state index contributed by atoms with van der Waals surface area (Å²) in [5.74, 6) is 0.925. The van der Waals surface area contributed by atoms with Crippen LogP contribution >= 0.6 is 0 Å². The zero-order valence-corrected chi connectivity index (χ0v) is 11.1. The van der Waals surface area contributed by atoms with Gasteiger partial charge in [-0.3, -0.25) is 0 Å². The van der Waals surface area contributed by atoms with E-state index in [9.17, 15) is 0 Å². The molecule has 0 aliphatic carbocycles. The Kier molecular flexibility index (Phi) is 3.00. The van der Waals surface area contributed by atoms with Crippen LogP contribution in [0.1, 0.15) is 18.2 Å². The number of aromatic amines is 1. The summed E-state index contributed by atoms with van der Waals surface area (Å²) in [5, 5.41) is 1.36. The summed E-state index contributed by atoms with van der Waals surface area (Å²) in [7, 11) is 1.72. The van der Waals surface area contributed by atoms with E-state index < -0.39 is 0 Å². The van der Waals surface area contributed by atoms with E-state index in [4.69, 9.17) is 4.74 Å². The minimum absolute atomic E-state index is 0.925. The Bertz CT molecular complexity index is 559. The second-order valence-corrected chi connectivity index (χ2v) is 4.93. The molecule has 0 atom stereocenters. The number of nitrogens with zero attached hydrogens (tertiary/aromatic N) is 1. The summed E-state index contributed by atoms with van der Waals surface area (Å²) in [6, 6.07) is 6.34. The maximum atomic E-state index is 5.29. The first-order valence-corrected chi connectivity index (χ1v) is 6.71. The molecule has 3 heteroatoms. The van der Waals surface area contributed by atoms with Gasteiger partial charge in [-0.05, 0) is 30.7 Å². The molecule has 2 aromatic rings. The Balaban J connectivity index is 2.01. The van der Waals surface area contributed by atoms with Crippen LogP contribution in [-0.2, 0) is 12.8 Å². The number of H-pyrrole nitrogens is 1. The van der Waals surface area contributed by atoms with Crippen molar-refractivity contribution < 1.29 is 4.74 Å². The molecule has 18 heavy (non-hydrogen) atoms. The summed E-state index contributed by atoms with van der Waals surface area (Å²) in [6.07, 6.45) is 2.27. The third-order valence-corrected chi connectivity index (χ3v) is 4.00. The SMILES string of the molecule is CCN1CCc2[nH]c3cc(OC)ccc3c2CC1. The van der Waals surface area contributed by atoms with Gasteiger partial charge in [-0.2, -0.15) is 0 Å². The van der Waals surface area contributed by atoms with Gasteiger partial charge in [0.1, 0.15) is 5.75 Å². The maximum absolute atomic E-state index is 5.29. The van der Waals surface area contributed by atoms with Crippen LogP contribution in [0.2, 0.25) is 0 Å². The third-order valence-electron chi connectivity index (χ3n) is 4.00. The molecule has 0 saturated heterocycles. The molecular weight excluding hydrogens is 224 g/mol. The van der Waals surface area contributed by atoms with E-state index >= 15 is 0 Å². The topological polar surface area (TPSA) is 28.3 Å². The molecule has 96 valence electrons. The Morgan fingerprint density at radius 2 is 2.11 bits per heavy atom. The molecule has 0 amide bonds. The Hall–Kier alpha value is -1.48. The van der Waals surface area contributed by atoms with Gasteiger partial charge in [0.2, 0.25) is 0 Å². The summed E-state index contributed by atoms with van der Waals surface area (Å²) in [5.41, 5.74) is 4.13. The molecule has 0 fully saturated rings. The lowest BCUT2D eigenvalue weighted by Gasteiger charge is -2.16. The van der Waals surface area contributed by atoms with Crippen molar-refractivity contribution in [2.24, 2.45) is 0 Å². The Morgan fingerprint density at radius 3 is 2.89 bits per heavy atom. The first-order chi connectivity index (χ1) is 8.81. The van der Waals surface area contributed by atoms with E-state index in [1.807, 2.05) is 0 Å². The highest BCUT2D eigenvalue weighted by molar-refractivity contribution is 5.86. The van der Waals surface area contributed by atoms with Gasteiger partial charge in [-0.15, -0.1) is 0 Å². The number of rotatable bonds is 2. The molecule has 1 aromatic carbocycles. The number of fused-ring (bicyclic) bond motifs is 3. The molecular formula is C15H20N2O. The fourth-order valence-electron chi connectivity index (χ4n) is 2.88. The monoisotopic (exact) mass is 244 g/mol. The molecule has 0 unspecified atom stereocenters. The van der Waals surface area contributed by atoms with Gasteiger partial charge in [-0.25, -0.2) is 0 Å². The lowest BCUT2D eigenvalue weighted by molar-refractivity contribution is 0.303. The van der Waals surface area contributed by atoms with Crippen molar-refractivity contribution in [3.63, 3.8) is 0 Å². The first-order valence-electron chi connectivity index (χ1n) is 6.71. The van der Waals surface area contributed by atoms with Gasteiger partial charge >= 0.3 is 0 Å². The number of hydrogen-bond donors (Lipinski definition) is 1. The molecule has 2 heterocycles. The summed E-state index contributed by atoms with van der Waals surface area (Å²) in [6.45, 7) is 5.72. The van der Waals surface area contributed by atoms with Crippen LogP contribution in [0, 0.1) is 0 Å². The number of aromatic nitrogens is 1. The maximum Gasteiger partial charge on any atom is 0.120 e. The zero-order chi connectivity index (χ0) is 12.5. The van der Waals surface area contributed by atoms with Crippen molar-refractivity contribution in [3.05, 3.63) is 29.5 Å². The smallest absolute Gasteiger partial charge is 0.120 e. The molecule has 1 N–H and O–H groups in total. The van der Waals surface area contributed by atoms with Crippen molar-refractivity contribution in [1.29, 1.82) is 0 Å². The molecule has 1 aliphatic rings. The molecule has 0 radical (unpaired) electrons. The van der Waals surface area contributed by atoms with Gasteiger partial charge in [-0.1, -0.05) is 6.92 Å². The van der Waals surface area contributed by atoms with Crippen molar-refractivity contribution in [2.45, 2.75) is 19.8 Å². The normalized spacial score (nSPS) is 16.6. The third kappa shape index (κ3) is 1.89. The number of ether oxygens (including phenoxy) is 1. The molecule has 0 saturated carbocycles. The fourth-order valence-corrected chi connectivity index (χ4v) is 2.88. The average Bonchev–Trinajstić information content (AvgIpc) is 2.63. The number of nitrogens with one attached hydrogen (secondary N) is 1. The summed E-state index contributed by atoms with van der Waals surface area (Å²) < 4.78 is 5.29. The van der Waals surface area contributed by atoms with Crippen LogP contribution in [0.15, 0.2) is 18.2 Å². The highest BCUT2D eigenvalue weighted by atomic mass is 16.5. The molecule has 0 bridgehead atoms. The van der Waals surface area contributed by atoms with Gasteiger partial charge in [0.15, 0.2) is 0 Å². The predicted octanol–water partition coefficient (Wildman–Crippen LogP) is 2.60. The van der Waals surface area contributed by atoms with Crippen molar-refractivity contribution in [1.82, 2.24) is 9.88 Å². The van der Waals surface area contributed by atoms with Crippen molar-refractivity contribution in [3.8, 4) is 5.75 Å². The average molecular weight is 244 g/mol. The quantitative estimate of drug-likeness (QED) is 0.879. The van der Waals surface area contributed by atoms with Crippen LogP contribution in [0.5, 0.6) is 5.75 Å². The molecule has 3 rings (SSSR count). The Labute approximate surface area is 108 Å². The predicted molar refractivity (Wildman–Crippen MR) is 74.4 cm³/mol. The van der Waals surface area contributed by atoms with Crippen LogP contribution in [0.25, 0.3) is 10.9 Å². The molecule has 1 aromatic heterocycles. The van der Waals surface area contributed by atoms with E-state index in [0.717, 1.165) is 31.7 Å². The van der Waals surface area contributed by atoms with Crippen LogP contribution in [0.3, 0.4) is 0 Å². The molecule has 0 spiro atoms. The highest BCUT2D eigenvalue weighted by Crippen LogP contribution is 2.28. The number of likely N-dealkylation sites (N-methyl/N-ethyl adjacent to an activating group) is 1. The second-order valence-electron chi connectivity index (χ2n) is 4.93. The second kappa shape index (κ2) is 4.65. The van der Waals surface area contributed by atoms with Gasteiger partial charge in [0, 0.05) is 42.2 Å². The molecule has 1 aliphatic heterocycles. The summed E-state index contributed by atoms with van der Waals surface area (Å²) >= 11 is 0. The Morgan fingerprint density at radius 1 is 1.28 bits per heavy atom. The van der Waals surface area contributed by atoms with Gasteiger partial charge in [0.25, 0.3) is 0 Å². The van der Waals surface area contributed by atoms with Crippen LogP contribution in [0.4, 0.5) is 0 Å². The fraction of sp³-hybridized carbons (Fsp3) is 0.467. The lowest BCUT2D eigenvalue weighted by atomic mass is 10.1. The standard InChI is InChI=1S/C15H20N2O/c1-3-17-8-6-13-12-5-4-11(18-2)10-15(12)16-14(13)7-9-17/h4-5,10,16H,3,6-9H2,1-2H3. The van der Waals surface area contributed by atoms with Crippen molar-refractivity contribution in [2.75, 3.05) is 26.7 Å². The lowest BCUT2D eigenvalue weighted by Crippen LogP contribution is -2.25. The zero-order valence-electron chi connectivity index (χ0n) is 11.1. The molecule has 3 nitrogen and oxygen atoms in total. The minimum atomic E-state index is 0.925. The number of hydrogen-bond acceptors (Lipinski definition) is 2. The first kappa shape index (κ1) is 11.6. The summed E-state index contributed by atoms with van der Waals surface area (Å²) in [4.78, 5) is 6.09. The number of benzene rings is 1. The van der Waals surface area contributed by atoms with E-state index in [1.165, 1.54) is 28.7 Å². The largest absolute Gasteiger partial charge is 0.497 e. The van der Waals surface area contributed by atoms with E-state index in [0.29, 0.717) is 0 Å². The van der Waals surface area contributed by atoms with Crippen molar-refractivity contribution >= 4 is 10.9 Å². The van der Waals surface area contributed by atoms with E-state index in [1.54, 1.807) is 7.11 Å². The van der Waals surface area contributed by atoms with E-state index in [2.05, 4.69) is 35.0 Å². The highest BCUT2D eigenvalue weighted by Gasteiger charge is 2.17. The van der Waals surface area contributed by atoms with Gasteiger partial charge < -0.3 is 14.6 Å². The van der Waals surface area contributed by atoms with Crippen LogP contribution in [-0.4, -0.2) is 36.6 Å². The van der Waals surface area contributed by atoms with Crippen LogP contribution < -0.4 is 4.74 Å². The van der Waals surface area contributed by atoms with E-state index in [-0.39, 0.29) is 0 Å². The van der Waals surface area contributed by atoms with Gasteiger partial charge in [0.05, 0.1) is 7.11 Å². The minimum Gasteiger partial charge on any atom is -0.497 e.